The third-order valence-electron chi connectivity index (χ3n) is 3.88. The summed E-state index contributed by atoms with van der Waals surface area (Å²) in [4.78, 5) is 14.1. The molecule has 3 rings (SSSR count). The number of nitrogens with two attached hydrogens (primary N) is 1. The molecule has 1 fully saturated rings. The van der Waals surface area contributed by atoms with Crippen molar-refractivity contribution in [2.75, 3.05) is 11.4 Å². The van der Waals surface area contributed by atoms with Crippen molar-refractivity contribution in [3.63, 3.8) is 0 Å². The highest BCUT2D eigenvalue weighted by Crippen LogP contribution is 2.56. The lowest BCUT2D eigenvalue weighted by Crippen LogP contribution is -2.35. The molecule has 0 bridgehead atoms. The monoisotopic (exact) mass is 266 g/mol. The molecule has 0 aromatic heterocycles. The summed E-state index contributed by atoms with van der Waals surface area (Å²) in [5.74, 6) is 0.163. The molecule has 98 valence electrons. The Labute approximate surface area is 114 Å². The number of halogens is 1. The van der Waals surface area contributed by atoms with Gasteiger partial charge in [-0.25, -0.2) is 0 Å². The van der Waals surface area contributed by atoms with E-state index in [1.165, 1.54) is 18.4 Å². The van der Waals surface area contributed by atoms with Crippen LogP contribution in [0.5, 0.6) is 0 Å². The first kappa shape index (κ1) is 13.4. The molecule has 1 aromatic carbocycles. The Balaban J connectivity index is 0.00000120. The fraction of sp³-hybridized carbons (Fsp3) is 0.500. The van der Waals surface area contributed by atoms with Gasteiger partial charge in [0.05, 0.1) is 0 Å². The van der Waals surface area contributed by atoms with Crippen LogP contribution in [0.25, 0.3) is 0 Å². The lowest BCUT2D eigenvalue weighted by Gasteiger charge is -2.18. The van der Waals surface area contributed by atoms with Crippen molar-refractivity contribution in [2.24, 2.45) is 5.73 Å². The highest BCUT2D eigenvalue weighted by molar-refractivity contribution is 5.97. The largest absolute Gasteiger partial charge is 0.327 e. The van der Waals surface area contributed by atoms with Crippen LogP contribution in [0.1, 0.15) is 31.7 Å². The van der Waals surface area contributed by atoms with E-state index in [-0.39, 0.29) is 29.8 Å². The SMILES string of the molecule is CC(N)CC(=O)N1CC2(CC2)c2ccccc21.Cl. The quantitative estimate of drug-likeness (QED) is 0.892. The van der Waals surface area contributed by atoms with E-state index >= 15 is 0 Å². The normalized spacial score (nSPS) is 20.2. The van der Waals surface area contributed by atoms with E-state index in [0.717, 1.165) is 12.2 Å². The highest BCUT2D eigenvalue weighted by Gasteiger charge is 2.52. The third-order valence-corrected chi connectivity index (χ3v) is 3.88. The zero-order valence-corrected chi connectivity index (χ0v) is 11.4. The number of anilines is 1. The maximum Gasteiger partial charge on any atom is 0.228 e. The number of carbonyl (C=O) groups excluding carboxylic acids is 1. The van der Waals surface area contributed by atoms with Crippen LogP contribution in [0.2, 0.25) is 0 Å². The Morgan fingerprint density at radius 1 is 1.44 bits per heavy atom. The van der Waals surface area contributed by atoms with E-state index in [1.807, 2.05) is 17.9 Å². The van der Waals surface area contributed by atoms with E-state index in [0.29, 0.717) is 6.42 Å². The summed E-state index contributed by atoms with van der Waals surface area (Å²) in [6.45, 7) is 2.74. The van der Waals surface area contributed by atoms with E-state index in [4.69, 9.17) is 5.73 Å². The molecule has 3 nitrogen and oxygen atoms in total. The van der Waals surface area contributed by atoms with Gasteiger partial charge in [0.25, 0.3) is 0 Å². The molecule has 2 aliphatic rings. The van der Waals surface area contributed by atoms with Crippen molar-refractivity contribution < 1.29 is 4.79 Å². The molecule has 0 radical (unpaired) electrons. The second-order valence-corrected chi connectivity index (χ2v) is 5.46. The van der Waals surface area contributed by atoms with Gasteiger partial charge in [0.1, 0.15) is 0 Å². The first-order valence-electron chi connectivity index (χ1n) is 6.28. The molecule has 18 heavy (non-hydrogen) atoms. The van der Waals surface area contributed by atoms with Gasteiger partial charge in [-0.15, -0.1) is 12.4 Å². The molecule has 2 N–H and O–H groups in total. The van der Waals surface area contributed by atoms with Gasteiger partial charge in [-0.2, -0.15) is 0 Å². The molecule has 1 heterocycles. The summed E-state index contributed by atoms with van der Waals surface area (Å²) in [5.41, 5.74) is 8.46. The number of rotatable bonds is 2. The van der Waals surface area contributed by atoms with Gasteiger partial charge in [-0.3, -0.25) is 4.79 Å². The van der Waals surface area contributed by atoms with E-state index in [2.05, 4.69) is 18.2 Å². The van der Waals surface area contributed by atoms with Crippen LogP contribution < -0.4 is 10.6 Å². The van der Waals surface area contributed by atoms with E-state index in [9.17, 15) is 4.79 Å². The molecule has 1 aliphatic heterocycles. The zero-order valence-electron chi connectivity index (χ0n) is 10.6. The second-order valence-electron chi connectivity index (χ2n) is 5.46. The molecular weight excluding hydrogens is 248 g/mol. The number of nitrogens with zero attached hydrogens (tertiary/aromatic N) is 1. The summed E-state index contributed by atoms with van der Waals surface area (Å²) in [7, 11) is 0. The summed E-state index contributed by atoms with van der Waals surface area (Å²) >= 11 is 0. The van der Waals surface area contributed by atoms with Crippen molar-refractivity contribution in [1.82, 2.24) is 0 Å². The number of benzene rings is 1. The Kier molecular flexibility index (Phi) is 3.39. The van der Waals surface area contributed by atoms with Gasteiger partial charge in [-0.05, 0) is 31.4 Å². The molecule has 1 aromatic rings. The van der Waals surface area contributed by atoms with Gasteiger partial charge in [0.15, 0.2) is 0 Å². The highest BCUT2D eigenvalue weighted by atomic mass is 35.5. The predicted molar refractivity (Wildman–Crippen MR) is 75.2 cm³/mol. The van der Waals surface area contributed by atoms with Crippen molar-refractivity contribution in [1.29, 1.82) is 0 Å². The molecule has 0 saturated heterocycles. The van der Waals surface area contributed by atoms with Crippen molar-refractivity contribution in [3.05, 3.63) is 29.8 Å². The fourth-order valence-corrected chi connectivity index (χ4v) is 2.82. The molecule has 1 aliphatic carbocycles. The van der Waals surface area contributed by atoms with Gasteiger partial charge >= 0.3 is 0 Å². The standard InChI is InChI=1S/C14H18N2O.ClH/c1-10(15)8-13(17)16-9-14(6-7-14)11-4-2-3-5-12(11)16;/h2-5,10H,6-9,15H2,1H3;1H. The Morgan fingerprint density at radius 3 is 2.72 bits per heavy atom. The molecule has 1 saturated carbocycles. The molecule has 1 spiro atoms. The summed E-state index contributed by atoms with van der Waals surface area (Å²) in [5, 5.41) is 0. The summed E-state index contributed by atoms with van der Waals surface area (Å²) in [6.07, 6.45) is 2.86. The Bertz CT molecular complexity index is 469. The number of fused-ring (bicyclic) bond motifs is 2. The summed E-state index contributed by atoms with van der Waals surface area (Å²) in [6, 6.07) is 8.23. The van der Waals surface area contributed by atoms with Crippen LogP contribution in [0.4, 0.5) is 5.69 Å². The zero-order chi connectivity index (χ0) is 12.0. The minimum absolute atomic E-state index is 0. The molecule has 1 unspecified atom stereocenters. The van der Waals surface area contributed by atoms with E-state index in [1.54, 1.807) is 0 Å². The number of para-hydroxylation sites is 1. The van der Waals surface area contributed by atoms with Crippen LogP contribution in [-0.2, 0) is 10.2 Å². The van der Waals surface area contributed by atoms with Crippen LogP contribution >= 0.6 is 12.4 Å². The molecular formula is C14H19ClN2O. The van der Waals surface area contributed by atoms with Gasteiger partial charge in [0, 0.05) is 30.1 Å². The smallest absolute Gasteiger partial charge is 0.228 e. The first-order valence-corrected chi connectivity index (χ1v) is 6.28. The van der Waals surface area contributed by atoms with Crippen LogP contribution in [0.15, 0.2) is 24.3 Å². The molecule has 1 atom stereocenters. The third kappa shape index (κ3) is 2.02. The Hall–Kier alpha value is -1.06. The van der Waals surface area contributed by atoms with Gasteiger partial charge < -0.3 is 10.6 Å². The minimum Gasteiger partial charge on any atom is -0.327 e. The van der Waals surface area contributed by atoms with E-state index < -0.39 is 0 Å². The minimum atomic E-state index is -0.0644. The van der Waals surface area contributed by atoms with Crippen molar-refractivity contribution in [2.45, 2.75) is 37.6 Å². The number of hydrogen-bond acceptors (Lipinski definition) is 2. The topological polar surface area (TPSA) is 46.3 Å². The van der Waals surface area contributed by atoms with Crippen molar-refractivity contribution >= 4 is 24.0 Å². The average Bonchev–Trinajstić information content (AvgIpc) is 2.97. The van der Waals surface area contributed by atoms with Gasteiger partial charge in [0.2, 0.25) is 5.91 Å². The van der Waals surface area contributed by atoms with Crippen LogP contribution in [0, 0.1) is 0 Å². The number of amides is 1. The number of carbonyl (C=O) groups is 1. The lowest BCUT2D eigenvalue weighted by molar-refractivity contribution is -0.118. The molecule has 1 amide bonds. The maximum atomic E-state index is 12.2. The van der Waals surface area contributed by atoms with Crippen LogP contribution in [0.3, 0.4) is 0 Å². The second kappa shape index (κ2) is 4.56. The fourth-order valence-electron chi connectivity index (χ4n) is 2.82. The van der Waals surface area contributed by atoms with Gasteiger partial charge in [-0.1, -0.05) is 18.2 Å². The molecule has 4 heteroatoms. The first-order chi connectivity index (χ1) is 8.12. The predicted octanol–water partition coefficient (Wildman–Crippen LogP) is 2.22. The maximum absolute atomic E-state index is 12.2. The lowest BCUT2D eigenvalue weighted by atomic mass is 9.99. The average molecular weight is 267 g/mol. The Morgan fingerprint density at radius 2 is 2.11 bits per heavy atom. The van der Waals surface area contributed by atoms with Crippen LogP contribution in [-0.4, -0.2) is 18.5 Å². The summed E-state index contributed by atoms with van der Waals surface area (Å²) < 4.78 is 0. The van der Waals surface area contributed by atoms with Crippen molar-refractivity contribution in [3.8, 4) is 0 Å². The number of hydrogen-bond donors (Lipinski definition) is 1.